The molecular weight excluding hydrogens is 287 g/mol. The Morgan fingerprint density at radius 1 is 1.40 bits per heavy atom. The van der Waals surface area contributed by atoms with Crippen molar-refractivity contribution in [1.29, 1.82) is 0 Å². The van der Waals surface area contributed by atoms with E-state index in [9.17, 15) is 17.6 Å². The van der Waals surface area contributed by atoms with E-state index in [1.165, 1.54) is 12.3 Å². The Bertz CT molecular complexity index is 605. The molecule has 20 heavy (non-hydrogen) atoms. The van der Waals surface area contributed by atoms with Crippen molar-refractivity contribution >= 4 is 16.0 Å². The van der Waals surface area contributed by atoms with Crippen LogP contribution in [0.3, 0.4) is 0 Å². The van der Waals surface area contributed by atoms with Gasteiger partial charge in [-0.25, -0.2) is 22.5 Å². The second kappa shape index (κ2) is 5.84. The molecule has 2 rings (SSSR count). The number of carboxylic acids is 1. The van der Waals surface area contributed by atoms with Crippen molar-refractivity contribution in [3.05, 3.63) is 24.1 Å². The van der Waals surface area contributed by atoms with Gasteiger partial charge in [-0.05, 0) is 25.0 Å². The second-order valence-electron chi connectivity index (χ2n) is 4.75. The SMILES string of the molecule is O=C(O)C1CCCCC1NS(=O)(=O)c1ncccc1F. The molecule has 2 atom stereocenters. The summed E-state index contributed by atoms with van der Waals surface area (Å²) >= 11 is 0. The van der Waals surface area contributed by atoms with Gasteiger partial charge in [0.05, 0.1) is 5.92 Å². The molecule has 1 heterocycles. The molecule has 8 heteroatoms. The van der Waals surface area contributed by atoms with Gasteiger partial charge in [0, 0.05) is 12.2 Å². The highest BCUT2D eigenvalue weighted by Gasteiger charge is 2.35. The maximum absolute atomic E-state index is 13.5. The number of carboxylic acid groups (broad SMARTS) is 1. The van der Waals surface area contributed by atoms with E-state index in [1.807, 2.05) is 0 Å². The van der Waals surface area contributed by atoms with E-state index in [4.69, 9.17) is 5.11 Å². The highest BCUT2D eigenvalue weighted by atomic mass is 32.2. The van der Waals surface area contributed by atoms with Gasteiger partial charge in [0.1, 0.15) is 0 Å². The third kappa shape index (κ3) is 3.13. The molecule has 0 aromatic carbocycles. The Kier molecular flexibility index (Phi) is 4.34. The second-order valence-corrected chi connectivity index (χ2v) is 6.38. The average Bonchev–Trinajstić information content (AvgIpc) is 2.39. The zero-order chi connectivity index (χ0) is 14.8. The van der Waals surface area contributed by atoms with Crippen LogP contribution in [0, 0.1) is 11.7 Å². The summed E-state index contributed by atoms with van der Waals surface area (Å²) in [7, 11) is -4.16. The lowest BCUT2D eigenvalue weighted by molar-refractivity contribution is -0.143. The van der Waals surface area contributed by atoms with Gasteiger partial charge in [0.25, 0.3) is 10.0 Å². The number of nitrogens with one attached hydrogen (secondary N) is 1. The number of halogens is 1. The van der Waals surface area contributed by atoms with Gasteiger partial charge < -0.3 is 5.11 Å². The standard InChI is InChI=1S/C12H15FN2O4S/c13-9-5-3-7-14-11(9)20(18,19)15-10-6-2-1-4-8(10)12(16)17/h3,5,7-8,10,15H,1-2,4,6H2,(H,16,17). The number of nitrogens with zero attached hydrogens (tertiary/aromatic N) is 1. The van der Waals surface area contributed by atoms with Crippen molar-refractivity contribution in [2.24, 2.45) is 5.92 Å². The molecule has 110 valence electrons. The maximum atomic E-state index is 13.5. The van der Waals surface area contributed by atoms with Crippen LogP contribution in [0.1, 0.15) is 25.7 Å². The van der Waals surface area contributed by atoms with Crippen LogP contribution in [0.15, 0.2) is 23.4 Å². The molecule has 0 spiro atoms. The molecule has 6 nitrogen and oxygen atoms in total. The highest BCUT2D eigenvalue weighted by Crippen LogP contribution is 2.26. The van der Waals surface area contributed by atoms with Gasteiger partial charge in [0.15, 0.2) is 5.82 Å². The van der Waals surface area contributed by atoms with Crippen molar-refractivity contribution in [2.45, 2.75) is 36.8 Å². The summed E-state index contributed by atoms with van der Waals surface area (Å²) < 4.78 is 39.9. The normalized spacial score (nSPS) is 23.4. The minimum Gasteiger partial charge on any atom is -0.481 e. The predicted octanol–water partition coefficient (Wildman–Crippen LogP) is 1.14. The quantitative estimate of drug-likeness (QED) is 0.869. The van der Waals surface area contributed by atoms with Crippen LogP contribution in [-0.2, 0) is 14.8 Å². The lowest BCUT2D eigenvalue weighted by atomic mass is 9.85. The summed E-state index contributed by atoms with van der Waals surface area (Å²) in [6, 6.07) is 1.55. The molecule has 0 saturated heterocycles. The van der Waals surface area contributed by atoms with E-state index in [2.05, 4.69) is 9.71 Å². The van der Waals surface area contributed by atoms with Crippen LogP contribution in [0.4, 0.5) is 4.39 Å². The molecule has 1 aliphatic rings. The first-order valence-electron chi connectivity index (χ1n) is 6.27. The summed E-state index contributed by atoms with van der Waals surface area (Å²) in [5.41, 5.74) is 0. The van der Waals surface area contributed by atoms with Gasteiger partial charge in [-0.3, -0.25) is 4.79 Å². The first-order valence-corrected chi connectivity index (χ1v) is 7.76. The van der Waals surface area contributed by atoms with Crippen LogP contribution in [0.5, 0.6) is 0 Å². The Balaban J connectivity index is 2.23. The van der Waals surface area contributed by atoms with E-state index < -0.39 is 38.8 Å². The fraction of sp³-hybridized carbons (Fsp3) is 0.500. The molecule has 0 aliphatic heterocycles. The molecule has 0 bridgehead atoms. The fourth-order valence-corrected chi connectivity index (χ4v) is 3.71. The summed E-state index contributed by atoms with van der Waals surface area (Å²) in [5.74, 6) is -2.79. The van der Waals surface area contributed by atoms with Gasteiger partial charge in [0.2, 0.25) is 5.03 Å². The van der Waals surface area contributed by atoms with Crippen LogP contribution >= 0.6 is 0 Å². The van der Waals surface area contributed by atoms with Gasteiger partial charge in [-0.2, -0.15) is 0 Å². The first-order chi connectivity index (χ1) is 9.42. The van der Waals surface area contributed by atoms with E-state index >= 15 is 0 Å². The molecule has 0 radical (unpaired) electrons. The lowest BCUT2D eigenvalue weighted by Gasteiger charge is -2.28. The zero-order valence-corrected chi connectivity index (χ0v) is 11.4. The number of rotatable bonds is 4. The Morgan fingerprint density at radius 3 is 2.75 bits per heavy atom. The van der Waals surface area contributed by atoms with Crippen LogP contribution in [0.2, 0.25) is 0 Å². The van der Waals surface area contributed by atoms with Crippen LogP contribution in [-0.4, -0.2) is 30.5 Å². The summed E-state index contributed by atoms with van der Waals surface area (Å²) in [6.45, 7) is 0. The van der Waals surface area contributed by atoms with E-state index in [0.29, 0.717) is 12.8 Å². The molecular formula is C12H15FN2O4S. The summed E-state index contributed by atoms with van der Waals surface area (Å²) in [6.07, 6.45) is 3.49. The molecule has 2 N–H and O–H groups in total. The molecule has 1 saturated carbocycles. The van der Waals surface area contributed by atoms with Crippen LogP contribution in [0.25, 0.3) is 0 Å². The Hall–Kier alpha value is -1.54. The number of aromatic nitrogens is 1. The molecule has 1 aromatic heterocycles. The largest absolute Gasteiger partial charge is 0.481 e. The predicted molar refractivity (Wildman–Crippen MR) is 67.9 cm³/mol. The molecule has 0 amide bonds. The Labute approximate surface area is 116 Å². The van der Waals surface area contributed by atoms with E-state index in [0.717, 1.165) is 18.9 Å². The van der Waals surface area contributed by atoms with Crippen molar-refractivity contribution in [3.63, 3.8) is 0 Å². The van der Waals surface area contributed by atoms with Crippen LogP contribution < -0.4 is 4.72 Å². The third-order valence-corrected chi connectivity index (χ3v) is 4.79. The highest BCUT2D eigenvalue weighted by molar-refractivity contribution is 7.89. The zero-order valence-electron chi connectivity index (χ0n) is 10.6. The minimum absolute atomic E-state index is 0.410. The minimum atomic E-state index is -4.16. The number of carbonyl (C=O) groups is 1. The van der Waals surface area contributed by atoms with Crippen molar-refractivity contribution in [2.75, 3.05) is 0 Å². The molecule has 1 fully saturated rings. The average molecular weight is 302 g/mol. The topological polar surface area (TPSA) is 96.4 Å². The number of sulfonamides is 1. The van der Waals surface area contributed by atoms with Crippen molar-refractivity contribution < 1.29 is 22.7 Å². The first kappa shape index (κ1) is 14.9. The molecule has 2 unspecified atom stereocenters. The van der Waals surface area contributed by atoms with Gasteiger partial charge in [-0.1, -0.05) is 12.8 Å². The van der Waals surface area contributed by atoms with E-state index in [-0.39, 0.29) is 0 Å². The summed E-state index contributed by atoms with van der Waals surface area (Å²) in [4.78, 5) is 14.6. The Morgan fingerprint density at radius 2 is 2.10 bits per heavy atom. The number of pyridine rings is 1. The van der Waals surface area contributed by atoms with Crippen molar-refractivity contribution in [3.8, 4) is 0 Å². The van der Waals surface area contributed by atoms with E-state index in [1.54, 1.807) is 0 Å². The van der Waals surface area contributed by atoms with Crippen molar-refractivity contribution in [1.82, 2.24) is 9.71 Å². The number of hydrogen-bond donors (Lipinski definition) is 2. The lowest BCUT2D eigenvalue weighted by Crippen LogP contribution is -2.45. The maximum Gasteiger partial charge on any atom is 0.308 e. The smallest absolute Gasteiger partial charge is 0.308 e. The number of aliphatic carboxylic acids is 1. The van der Waals surface area contributed by atoms with Gasteiger partial charge >= 0.3 is 5.97 Å². The molecule has 1 aromatic rings. The molecule has 1 aliphatic carbocycles. The fourth-order valence-electron chi connectivity index (χ4n) is 2.39. The number of hydrogen-bond acceptors (Lipinski definition) is 4. The summed E-state index contributed by atoms with van der Waals surface area (Å²) in [5, 5.41) is 8.41. The third-order valence-electron chi connectivity index (χ3n) is 3.37. The van der Waals surface area contributed by atoms with Gasteiger partial charge in [-0.15, -0.1) is 0 Å². The monoisotopic (exact) mass is 302 g/mol.